The van der Waals surface area contributed by atoms with E-state index in [9.17, 15) is 14.9 Å². The lowest BCUT2D eigenvalue weighted by molar-refractivity contribution is 0.0947. The number of para-hydroxylation sites is 1. The average Bonchev–Trinajstić information content (AvgIpc) is 2.79. The van der Waals surface area contributed by atoms with E-state index in [-0.39, 0.29) is 16.8 Å². The second kappa shape index (κ2) is 9.57. The van der Waals surface area contributed by atoms with E-state index >= 15 is 0 Å². The highest BCUT2D eigenvalue weighted by Crippen LogP contribution is 2.29. The number of methoxy groups -OCH3 is 2. The maximum atomic E-state index is 12.8. The van der Waals surface area contributed by atoms with Gasteiger partial charge in [0.05, 0.1) is 26.1 Å². The highest BCUT2D eigenvalue weighted by atomic mass is 16.5. The van der Waals surface area contributed by atoms with Crippen molar-refractivity contribution >= 4 is 12.1 Å². The number of carbonyl (C=O) groups is 1. The Bertz CT molecular complexity index is 1300. The summed E-state index contributed by atoms with van der Waals surface area (Å²) in [5.41, 5.74) is 3.64. The predicted octanol–water partition coefficient (Wildman–Crippen LogP) is 2.50. The summed E-state index contributed by atoms with van der Waals surface area (Å²) < 4.78 is 11.6. The van der Waals surface area contributed by atoms with Crippen LogP contribution in [0.5, 0.6) is 11.5 Å². The Morgan fingerprint density at radius 3 is 2.59 bits per heavy atom. The van der Waals surface area contributed by atoms with E-state index in [1.54, 1.807) is 36.4 Å². The summed E-state index contributed by atoms with van der Waals surface area (Å²) in [5, 5.41) is 17.7. The van der Waals surface area contributed by atoms with Crippen LogP contribution in [-0.2, 0) is 0 Å². The third-order valence-electron chi connectivity index (χ3n) is 4.71. The molecule has 0 fully saturated rings. The van der Waals surface area contributed by atoms with E-state index in [0.717, 1.165) is 10.2 Å². The molecule has 2 aromatic carbocycles. The molecule has 1 heterocycles. The number of hydrazone groups is 1. The molecule has 32 heavy (non-hydrogen) atoms. The van der Waals surface area contributed by atoms with Crippen LogP contribution in [0.1, 0.15) is 32.7 Å². The van der Waals surface area contributed by atoms with Crippen LogP contribution in [0.3, 0.4) is 0 Å². The Labute approximate surface area is 184 Å². The number of benzene rings is 2. The first-order chi connectivity index (χ1) is 15.4. The monoisotopic (exact) mass is 431 g/mol. The van der Waals surface area contributed by atoms with E-state index in [0.29, 0.717) is 22.7 Å². The first-order valence-electron chi connectivity index (χ1n) is 9.56. The van der Waals surface area contributed by atoms with Crippen LogP contribution in [0.25, 0.3) is 5.69 Å². The molecular formula is C23H21N5O4. The van der Waals surface area contributed by atoms with Gasteiger partial charge in [-0.25, -0.2) is 5.43 Å². The van der Waals surface area contributed by atoms with Gasteiger partial charge in [0.1, 0.15) is 11.6 Å². The topological polar surface area (TPSA) is 119 Å². The first-order valence-corrected chi connectivity index (χ1v) is 9.56. The maximum Gasteiger partial charge on any atom is 0.292 e. The number of hydrogen-bond donors (Lipinski definition) is 1. The van der Waals surface area contributed by atoms with Crippen molar-refractivity contribution in [1.29, 1.82) is 5.26 Å². The standard InChI is InChI=1S/C23H21N5O4/c1-14-7-5-9-17(11-14)28-23(30)18(12-24)15(2)20(27-28)22(29)26-25-13-16-8-6-10-19(31-3)21(16)32-4/h5-11,13H,1-4H3,(H,26,29)/b25-13+. The van der Waals surface area contributed by atoms with E-state index < -0.39 is 11.5 Å². The van der Waals surface area contributed by atoms with Crippen molar-refractivity contribution in [3.63, 3.8) is 0 Å². The van der Waals surface area contributed by atoms with Crippen molar-refractivity contribution in [3.05, 3.63) is 80.8 Å². The molecular weight excluding hydrogens is 410 g/mol. The molecule has 3 rings (SSSR count). The van der Waals surface area contributed by atoms with Gasteiger partial charge < -0.3 is 9.47 Å². The summed E-state index contributed by atoms with van der Waals surface area (Å²) in [6, 6.07) is 14.1. The predicted molar refractivity (Wildman–Crippen MR) is 119 cm³/mol. The fraction of sp³-hybridized carbons (Fsp3) is 0.174. The fourth-order valence-electron chi connectivity index (χ4n) is 3.11. The second-order valence-corrected chi connectivity index (χ2v) is 6.80. The van der Waals surface area contributed by atoms with Crippen molar-refractivity contribution in [2.75, 3.05) is 14.2 Å². The normalized spacial score (nSPS) is 10.6. The largest absolute Gasteiger partial charge is 0.493 e. The summed E-state index contributed by atoms with van der Waals surface area (Å²) in [6.45, 7) is 3.36. The fourth-order valence-corrected chi connectivity index (χ4v) is 3.11. The summed E-state index contributed by atoms with van der Waals surface area (Å²) in [7, 11) is 3.02. The van der Waals surface area contributed by atoms with Crippen molar-refractivity contribution < 1.29 is 14.3 Å². The lowest BCUT2D eigenvalue weighted by Gasteiger charge is -2.11. The van der Waals surface area contributed by atoms with Crippen LogP contribution in [-0.4, -0.2) is 36.1 Å². The van der Waals surface area contributed by atoms with Gasteiger partial charge >= 0.3 is 0 Å². The van der Waals surface area contributed by atoms with Crippen LogP contribution in [0.2, 0.25) is 0 Å². The van der Waals surface area contributed by atoms with Crippen molar-refractivity contribution in [2.45, 2.75) is 13.8 Å². The molecule has 1 aromatic heterocycles. The van der Waals surface area contributed by atoms with Crippen LogP contribution in [0.4, 0.5) is 0 Å². The number of hydrogen-bond acceptors (Lipinski definition) is 7. The van der Waals surface area contributed by atoms with Gasteiger partial charge in [0, 0.05) is 11.1 Å². The zero-order valence-electron chi connectivity index (χ0n) is 18.0. The Balaban J connectivity index is 1.97. The second-order valence-electron chi connectivity index (χ2n) is 6.80. The number of aromatic nitrogens is 2. The van der Waals surface area contributed by atoms with Gasteiger partial charge in [0.25, 0.3) is 11.5 Å². The highest BCUT2D eigenvalue weighted by molar-refractivity contribution is 5.95. The minimum absolute atomic E-state index is 0.0857. The molecule has 1 N–H and O–H groups in total. The van der Waals surface area contributed by atoms with Crippen LogP contribution >= 0.6 is 0 Å². The first kappa shape index (κ1) is 22.2. The Morgan fingerprint density at radius 2 is 1.94 bits per heavy atom. The minimum Gasteiger partial charge on any atom is -0.493 e. The number of nitrogens with zero attached hydrogens (tertiary/aromatic N) is 4. The number of nitriles is 1. The maximum absolute atomic E-state index is 12.8. The van der Waals surface area contributed by atoms with Gasteiger partial charge in [-0.05, 0) is 43.7 Å². The highest BCUT2D eigenvalue weighted by Gasteiger charge is 2.20. The Morgan fingerprint density at radius 1 is 1.19 bits per heavy atom. The molecule has 0 aliphatic heterocycles. The lowest BCUT2D eigenvalue weighted by Crippen LogP contribution is -2.31. The summed E-state index contributed by atoms with van der Waals surface area (Å²) in [6.07, 6.45) is 1.40. The number of ether oxygens (including phenoxy) is 2. The summed E-state index contributed by atoms with van der Waals surface area (Å²) in [5.74, 6) is 0.310. The number of aryl methyl sites for hydroxylation is 1. The van der Waals surface area contributed by atoms with Gasteiger partial charge in [-0.1, -0.05) is 18.2 Å². The van der Waals surface area contributed by atoms with Crippen molar-refractivity contribution in [3.8, 4) is 23.3 Å². The van der Waals surface area contributed by atoms with Crippen LogP contribution in [0.15, 0.2) is 52.4 Å². The van der Waals surface area contributed by atoms with E-state index in [1.165, 1.54) is 27.4 Å². The molecule has 162 valence electrons. The van der Waals surface area contributed by atoms with Gasteiger partial charge in [0.2, 0.25) is 0 Å². The number of rotatable bonds is 6. The van der Waals surface area contributed by atoms with Crippen LogP contribution in [0, 0.1) is 25.2 Å². The molecule has 9 nitrogen and oxygen atoms in total. The third-order valence-corrected chi connectivity index (χ3v) is 4.71. The molecule has 0 unspecified atom stereocenters. The summed E-state index contributed by atoms with van der Waals surface area (Å²) >= 11 is 0. The smallest absolute Gasteiger partial charge is 0.292 e. The van der Waals surface area contributed by atoms with E-state index in [1.807, 2.05) is 19.1 Å². The molecule has 0 saturated heterocycles. The minimum atomic E-state index is -0.668. The quantitative estimate of drug-likeness (QED) is 0.473. The van der Waals surface area contributed by atoms with Crippen molar-refractivity contribution in [2.24, 2.45) is 5.10 Å². The number of amides is 1. The molecule has 0 atom stereocenters. The number of carbonyl (C=O) groups excluding carboxylic acids is 1. The van der Waals surface area contributed by atoms with Gasteiger partial charge in [-0.3, -0.25) is 9.59 Å². The Hall–Kier alpha value is -4.45. The molecule has 0 radical (unpaired) electrons. The number of nitrogens with one attached hydrogen (secondary N) is 1. The SMILES string of the molecule is COc1cccc(/C=N/NC(=O)c2nn(-c3cccc(C)c3)c(=O)c(C#N)c2C)c1OC. The van der Waals surface area contributed by atoms with E-state index in [4.69, 9.17) is 9.47 Å². The summed E-state index contributed by atoms with van der Waals surface area (Å²) in [4.78, 5) is 25.5. The molecule has 1 amide bonds. The molecule has 9 heteroatoms. The van der Waals surface area contributed by atoms with Gasteiger partial charge in [-0.15, -0.1) is 0 Å². The van der Waals surface area contributed by atoms with Crippen molar-refractivity contribution in [1.82, 2.24) is 15.2 Å². The van der Waals surface area contributed by atoms with Crippen LogP contribution < -0.4 is 20.5 Å². The molecule has 0 spiro atoms. The zero-order chi connectivity index (χ0) is 23.3. The lowest BCUT2D eigenvalue weighted by atomic mass is 10.1. The molecule has 0 aliphatic rings. The third kappa shape index (κ3) is 4.34. The van der Waals surface area contributed by atoms with Gasteiger partial charge in [0.15, 0.2) is 17.2 Å². The molecule has 0 aliphatic carbocycles. The Kier molecular flexibility index (Phi) is 6.65. The van der Waals surface area contributed by atoms with E-state index in [2.05, 4.69) is 15.6 Å². The molecule has 3 aromatic rings. The molecule has 0 bridgehead atoms. The zero-order valence-corrected chi connectivity index (χ0v) is 18.0. The average molecular weight is 431 g/mol. The molecule has 0 saturated carbocycles. The van der Waals surface area contributed by atoms with Gasteiger partial charge in [-0.2, -0.15) is 20.1 Å².